The van der Waals surface area contributed by atoms with Gasteiger partial charge in [0.05, 0.1) is 22.6 Å². The maximum atomic E-state index is 12.1. The van der Waals surface area contributed by atoms with Crippen molar-refractivity contribution in [3.8, 4) is 0 Å². The van der Waals surface area contributed by atoms with Crippen molar-refractivity contribution >= 4 is 93.9 Å². The lowest BCUT2D eigenvalue weighted by molar-refractivity contribution is -0.138. The lowest BCUT2D eigenvalue weighted by Gasteiger charge is -2.07. The molecule has 2 heterocycles. The summed E-state index contributed by atoms with van der Waals surface area (Å²) in [7, 11) is -7.48. The normalized spacial score (nSPS) is 10.6. The number of thiazole rings is 2. The van der Waals surface area contributed by atoms with E-state index in [0.717, 1.165) is 22.7 Å². The number of carboxylic acid groups (broad SMARTS) is 2. The molecular formula is C29H32N6O11S4. The van der Waals surface area contributed by atoms with E-state index in [1.807, 2.05) is 0 Å². The van der Waals surface area contributed by atoms with Crippen LogP contribution in [0.1, 0.15) is 39.5 Å². The smallest absolute Gasteiger partial charge is 0.303 e. The lowest BCUT2D eigenvalue weighted by atomic mass is 10.2. The van der Waals surface area contributed by atoms with Gasteiger partial charge in [0.25, 0.3) is 20.0 Å². The topological polar surface area (TPSA) is 268 Å². The number of hydrogen-bond acceptors (Lipinski definition) is 13. The molecule has 2 aromatic heterocycles. The SMILES string of the molecule is CC(C)=O.O=C(O)CCC(=O)Nc1ccc(S(=O)(=O)Nc2nccs2)cc1.O=C(O)CCC(=O)Nc1ccc(S(=O)(=O)Nc2nccs2)cc1. The zero-order valence-corrected chi connectivity index (χ0v) is 29.6. The van der Waals surface area contributed by atoms with E-state index in [1.165, 1.54) is 74.8 Å². The van der Waals surface area contributed by atoms with Gasteiger partial charge in [0.1, 0.15) is 5.78 Å². The van der Waals surface area contributed by atoms with Gasteiger partial charge in [-0.1, -0.05) is 0 Å². The molecule has 2 aromatic carbocycles. The number of aromatic nitrogens is 2. The third-order valence-electron chi connectivity index (χ3n) is 5.34. The molecule has 0 aliphatic carbocycles. The third kappa shape index (κ3) is 15.8. The van der Waals surface area contributed by atoms with Crippen LogP contribution in [0.15, 0.2) is 81.5 Å². The number of carbonyl (C=O) groups excluding carboxylic acids is 3. The van der Waals surface area contributed by atoms with Gasteiger partial charge >= 0.3 is 11.9 Å². The fraction of sp³-hybridized carbons (Fsp3) is 0.207. The standard InChI is InChI=1S/2C13H13N3O5S2.C3H6O/c2*17-11(5-6-12(18)19)15-9-1-3-10(4-2-9)23(20,21)16-13-14-7-8-22-13;1-3(2)4/h2*1-4,7-8H,5-6H2,(H,14,16)(H,15,17)(H,18,19);1-2H3. The first-order valence-corrected chi connectivity index (χ1v) is 18.7. The number of rotatable bonds is 14. The predicted molar refractivity (Wildman–Crippen MR) is 186 cm³/mol. The summed E-state index contributed by atoms with van der Waals surface area (Å²) in [6, 6.07) is 11.0. The number of nitrogens with one attached hydrogen (secondary N) is 4. The highest BCUT2D eigenvalue weighted by atomic mass is 32.2. The summed E-state index contributed by atoms with van der Waals surface area (Å²) < 4.78 is 53.1. The highest BCUT2D eigenvalue weighted by molar-refractivity contribution is 7.93. The maximum absolute atomic E-state index is 12.1. The summed E-state index contributed by atoms with van der Waals surface area (Å²) in [5, 5.41) is 25.8. The van der Waals surface area contributed by atoms with Crippen LogP contribution in [0.3, 0.4) is 0 Å². The van der Waals surface area contributed by atoms with Crippen molar-refractivity contribution in [2.24, 2.45) is 0 Å². The highest BCUT2D eigenvalue weighted by Crippen LogP contribution is 2.21. The number of hydrogen-bond donors (Lipinski definition) is 6. The molecule has 0 radical (unpaired) electrons. The molecule has 268 valence electrons. The Labute approximate surface area is 294 Å². The Kier molecular flexibility index (Phi) is 16.1. The van der Waals surface area contributed by atoms with Gasteiger partial charge in [0.2, 0.25) is 11.8 Å². The van der Waals surface area contributed by atoms with Gasteiger partial charge in [-0.05, 0) is 62.4 Å². The average molecular weight is 769 g/mol. The Hall–Kier alpha value is -5.25. The molecule has 21 heteroatoms. The number of Topliss-reactive ketones (excluding diaryl/α,β-unsaturated/α-hetero) is 1. The number of anilines is 4. The molecule has 0 bridgehead atoms. The van der Waals surface area contributed by atoms with Gasteiger partial charge in [-0.3, -0.25) is 28.6 Å². The fourth-order valence-electron chi connectivity index (χ4n) is 3.22. The van der Waals surface area contributed by atoms with Crippen molar-refractivity contribution < 1.29 is 51.0 Å². The van der Waals surface area contributed by atoms with Crippen LogP contribution in [-0.4, -0.2) is 66.6 Å². The molecule has 2 amide bonds. The van der Waals surface area contributed by atoms with Gasteiger partial charge < -0.3 is 25.6 Å². The van der Waals surface area contributed by atoms with Gasteiger partial charge in [0.15, 0.2) is 10.3 Å². The Morgan fingerprint density at radius 1 is 0.600 bits per heavy atom. The number of ketones is 1. The van der Waals surface area contributed by atoms with E-state index in [1.54, 1.807) is 10.8 Å². The van der Waals surface area contributed by atoms with Gasteiger partial charge in [-0.2, -0.15) is 0 Å². The Balaban J connectivity index is 0.000000313. The summed E-state index contributed by atoms with van der Waals surface area (Å²) in [5.74, 6) is -2.86. The molecule has 0 saturated carbocycles. The van der Waals surface area contributed by atoms with Crippen LogP contribution in [0.4, 0.5) is 21.6 Å². The van der Waals surface area contributed by atoms with E-state index in [4.69, 9.17) is 10.2 Å². The minimum atomic E-state index is -3.74. The first kappa shape index (κ1) is 40.9. The van der Waals surface area contributed by atoms with Crippen LogP contribution in [0, 0.1) is 0 Å². The summed E-state index contributed by atoms with van der Waals surface area (Å²) in [4.78, 5) is 60.9. The van der Waals surface area contributed by atoms with Crippen LogP contribution in [0.2, 0.25) is 0 Å². The minimum Gasteiger partial charge on any atom is -0.481 e. The highest BCUT2D eigenvalue weighted by Gasteiger charge is 2.17. The number of benzene rings is 2. The largest absolute Gasteiger partial charge is 0.481 e. The maximum Gasteiger partial charge on any atom is 0.303 e. The summed E-state index contributed by atoms with van der Waals surface area (Å²) in [6.07, 6.45) is 2.13. The molecule has 4 rings (SSSR count). The van der Waals surface area contributed by atoms with E-state index in [9.17, 15) is 40.8 Å². The van der Waals surface area contributed by atoms with E-state index >= 15 is 0 Å². The quantitative estimate of drug-likeness (QED) is 0.106. The number of carbonyl (C=O) groups is 5. The van der Waals surface area contributed by atoms with Crippen molar-refractivity contribution in [1.29, 1.82) is 0 Å². The van der Waals surface area contributed by atoms with Crippen LogP contribution in [-0.2, 0) is 44.0 Å². The molecular weight excluding hydrogens is 737 g/mol. The third-order valence-corrected chi connectivity index (χ3v) is 9.68. The van der Waals surface area contributed by atoms with E-state index in [-0.39, 0.29) is 51.5 Å². The Morgan fingerprint density at radius 2 is 0.920 bits per heavy atom. The van der Waals surface area contributed by atoms with Crippen LogP contribution >= 0.6 is 22.7 Å². The zero-order chi connectivity index (χ0) is 37.3. The summed E-state index contributed by atoms with van der Waals surface area (Å²) in [5.41, 5.74) is 0.766. The summed E-state index contributed by atoms with van der Waals surface area (Å²) in [6.45, 7) is 3.06. The fourth-order valence-corrected chi connectivity index (χ4v) is 6.80. The number of carboxylic acids is 2. The monoisotopic (exact) mass is 768 g/mol. The van der Waals surface area contributed by atoms with Crippen molar-refractivity contribution in [3.05, 3.63) is 71.7 Å². The molecule has 0 spiro atoms. The van der Waals surface area contributed by atoms with E-state index in [2.05, 4.69) is 30.0 Å². The van der Waals surface area contributed by atoms with Crippen LogP contribution < -0.4 is 20.1 Å². The molecule has 0 unspecified atom stereocenters. The molecule has 0 saturated heterocycles. The average Bonchev–Trinajstić information content (AvgIpc) is 3.74. The molecule has 0 atom stereocenters. The number of nitrogens with zero attached hydrogens (tertiary/aromatic N) is 2. The molecule has 0 aliphatic heterocycles. The van der Waals surface area contributed by atoms with Crippen molar-refractivity contribution in [2.75, 3.05) is 20.1 Å². The van der Waals surface area contributed by atoms with Gasteiger partial charge in [0, 0.05) is 47.4 Å². The van der Waals surface area contributed by atoms with Crippen molar-refractivity contribution in [3.63, 3.8) is 0 Å². The minimum absolute atomic E-state index is 0.0243. The second kappa shape index (κ2) is 19.7. The second-order valence-corrected chi connectivity index (χ2v) is 14.9. The number of aliphatic carboxylic acids is 2. The van der Waals surface area contributed by atoms with E-state index < -0.39 is 43.8 Å². The molecule has 0 fully saturated rings. The summed E-state index contributed by atoms with van der Waals surface area (Å²) >= 11 is 2.31. The molecule has 0 aliphatic rings. The Bertz CT molecular complexity index is 1810. The second-order valence-electron chi connectivity index (χ2n) is 9.73. The first-order valence-electron chi connectivity index (χ1n) is 14.0. The molecule has 50 heavy (non-hydrogen) atoms. The van der Waals surface area contributed by atoms with Gasteiger partial charge in [-0.15, -0.1) is 22.7 Å². The molecule has 17 nitrogen and oxygen atoms in total. The van der Waals surface area contributed by atoms with Crippen LogP contribution in [0.5, 0.6) is 0 Å². The van der Waals surface area contributed by atoms with E-state index in [0.29, 0.717) is 11.4 Å². The first-order chi connectivity index (χ1) is 23.5. The van der Waals surface area contributed by atoms with Gasteiger partial charge in [-0.25, -0.2) is 26.8 Å². The predicted octanol–water partition coefficient (Wildman–Crippen LogP) is 4.09. The Morgan fingerprint density at radius 3 is 1.18 bits per heavy atom. The zero-order valence-electron chi connectivity index (χ0n) is 26.4. The molecule has 4 aromatic rings. The number of sulfonamides is 2. The molecule has 6 N–H and O–H groups in total. The lowest BCUT2D eigenvalue weighted by Crippen LogP contribution is -2.14. The van der Waals surface area contributed by atoms with Crippen molar-refractivity contribution in [2.45, 2.75) is 49.3 Å². The van der Waals surface area contributed by atoms with Crippen molar-refractivity contribution in [1.82, 2.24) is 9.97 Å². The number of amides is 2. The van der Waals surface area contributed by atoms with Crippen LogP contribution in [0.25, 0.3) is 0 Å².